The van der Waals surface area contributed by atoms with Crippen molar-refractivity contribution < 1.29 is 4.79 Å². The minimum absolute atomic E-state index is 0.0798. The molecular weight excluding hydrogens is 236 g/mol. The predicted octanol–water partition coefficient (Wildman–Crippen LogP) is 2.58. The van der Waals surface area contributed by atoms with Gasteiger partial charge >= 0.3 is 0 Å². The molecule has 0 saturated carbocycles. The van der Waals surface area contributed by atoms with Crippen LogP contribution in [0.1, 0.15) is 45.2 Å². The summed E-state index contributed by atoms with van der Waals surface area (Å²) in [5, 5.41) is 3.22. The van der Waals surface area contributed by atoms with Crippen LogP contribution in [0, 0.1) is 0 Å². The summed E-state index contributed by atoms with van der Waals surface area (Å²) in [6.07, 6.45) is 1.63. The molecule has 0 spiro atoms. The van der Waals surface area contributed by atoms with Crippen molar-refractivity contribution in [2.45, 2.75) is 51.6 Å². The highest BCUT2D eigenvalue weighted by molar-refractivity contribution is 5.83. The molecule has 0 unspecified atom stereocenters. The molecule has 19 heavy (non-hydrogen) atoms. The molecule has 2 heterocycles. The second-order valence-electron chi connectivity index (χ2n) is 6.35. The van der Waals surface area contributed by atoms with Crippen LogP contribution in [0.25, 0.3) is 0 Å². The van der Waals surface area contributed by atoms with Crippen molar-refractivity contribution >= 4 is 11.6 Å². The third-order valence-corrected chi connectivity index (χ3v) is 5.14. The van der Waals surface area contributed by atoms with Gasteiger partial charge in [0.15, 0.2) is 0 Å². The number of nitrogens with one attached hydrogen (secondary N) is 1. The summed E-state index contributed by atoms with van der Waals surface area (Å²) >= 11 is 0. The quantitative estimate of drug-likeness (QED) is 0.839. The van der Waals surface area contributed by atoms with Crippen LogP contribution in [-0.4, -0.2) is 18.1 Å². The molecule has 1 aromatic rings. The van der Waals surface area contributed by atoms with Gasteiger partial charge in [-0.3, -0.25) is 4.79 Å². The van der Waals surface area contributed by atoms with Gasteiger partial charge in [0, 0.05) is 24.1 Å². The summed E-state index contributed by atoms with van der Waals surface area (Å²) in [7, 11) is 0. The zero-order chi connectivity index (χ0) is 13.8. The maximum atomic E-state index is 11.8. The first-order valence-corrected chi connectivity index (χ1v) is 7.12. The number of nitrogens with zero attached hydrogens (tertiary/aromatic N) is 1. The van der Waals surface area contributed by atoms with Crippen LogP contribution in [0.5, 0.6) is 0 Å². The van der Waals surface area contributed by atoms with Crippen LogP contribution in [0.15, 0.2) is 18.2 Å². The van der Waals surface area contributed by atoms with Gasteiger partial charge in [-0.15, -0.1) is 0 Å². The molecule has 102 valence electrons. The Morgan fingerprint density at radius 3 is 2.74 bits per heavy atom. The monoisotopic (exact) mass is 258 g/mol. The Morgan fingerprint density at radius 2 is 2.05 bits per heavy atom. The fourth-order valence-corrected chi connectivity index (χ4v) is 3.49. The molecule has 1 aromatic carbocycles. The number of carbonyl (C=O) groups is 1. The molecule has 3 nitrogen and oxygen atoms in total. The second-order valence-corrected chi connectivity index (χ2v) is 6.35. The Morgan fingerprint density at radius 1 is 1.32 bits per heavy atom. The summed E-state index contributed by atoms with van der Waals surface area (Å²) < 4.78 is 0. The molecular formula is C16H22N2O. The average Bonchev–Trinajstić information content (AvgIpc) is 2.54. The Kier molecular flexibility index (Phi) is 2.47. The highest BCUT2D eigenvalue weighted by Gasteiger charge is 2.56. The van der Waals surface area contributed by atoms with Crippen molar-refractivity contribution in [2.75, 3.05) is 11.4 Å². The normalized spacial score (nSPS) is 27.8. The van der Waals surface area contributed by atoms with Crippen LogP contribution < -0.4 is 10.2 Å². The summed E-state index contributed by atoms with van der Waals surface area (Å²) in [5.74, 6) is 0.162. The standard InChI is InChI=1S/C16H22N2O/c1-5-11-6-7-13-12(10-11)15(2,3)16(4)17-14(19)8-9-18(13)16/h6-7,10H,5,8-9H2,1-4H3,(H,17,19)/t16-/m1/s1. The van der Waals surface area contributed by atoms with E-state index in [-0.39, 0.29) is 17.0 Å². The molecule has 1 amide bonds. The first kappa shape index (κ1) is 12.5. The highest BCUT2D eigenvalue weighted by Crippen LogP contribution is 2.51. The Balaban J connectivity index is 2.18. The summed E-state index contributed by atoms with van der Waals surface area (Å²) in [6.45, 7) is 9.61. The molecule has 3 rings (SSSR count). The number of benzene rings is 1. The number of hydrogen-bond donors (Lipinski definition) is 1. The number of carbonyl (C=O) groups excluding carboxylic acids is 1. The summed E-state index contributed by atoms with van der Waals surface area (Å²) in [4.78, 5) is 14.2. The van der Waals surface area contributed by atoms with Gasteiger partial charge in [-0.1, -0.05) is 32.9 Å². The van der Waals surface area contributed by atoms with Crippen molar-refractivity contribution in [3.8, 4) is 0 Å². The first-order chi connectivity index (χ1) is 8.90. The molecule has 2 aliphatic rings. The van der Waals surface area contributed by atoms with Crippen LogP contribution in [-0.2, 0) is 16.6 Å². The number of fused-ring (bicyclic) bond motifs is 3. The molecule has 0 aromatic heterocycles. The van der Waals surface area contributed by atoms with Gasteiger partial charge in [0.25, 0.3) is 0 Å². The van der Waals surface area contributed by atoms with Crippen LogP contribution in [0.2, 0.25) is 0 Å². The average molecular weight is 258 g/mol. The highest BCUT2D eigenvalue weighted by atomic mass is 16.2. The van der Waals surface area contributed by atoms with E-state index in [0.29, 0.717) is 6.42 Å². The van der Waals surface area contributed by atoms with E-state index in [1.807, 2.05) is 0 Å². The maximum absolute atomic E-state index is 11.8. The van der Waals surface area contributed by atoms with E-state index in [0.717, 1.165) is 13.0 Å². The summed E-state index contributed by atoms with van der Waals surface area (Å²) in [5.41, 5.74) is 3.61. The molecule has 1 atom stereocenters. The van der Waals surface area contributed by atoms with Gasteiger partial charge in [0.2, 0.25) is 5.91 Å². The van der Waals surface area contributed by atoms with E-state index in [1.165, 1.54) is 16.8 Å². The smallest absolute Gasteiger partial charge is 0.223 e. The van der Waals surface area contributed by atoms with Gasteiger partial charge < -0.3 is 10.2 Å². The van der Waals surface area contributed by atoms with Gasteiger partial charge in [-0.05, 0) is 30.5 Å². The molecule has 2 aliphatic heterocycles. The number of amides is 1. The van der Waals surface area contributed by atoms with Crippen molar-refractivity contribution in [3.63, 3.8) is 0 Å². The van der Waals surface area contributed by atoms with E-state index in [4.69, 9.17) is 0 Å². The number of rotatable bonds is 1. The fourth-order valence-electron chi connectivity index (χ4n) is 3.49. The molecule has 3 heteroatoms. The van der Waals surface area contributed by atoms with E-state index in [1.54, 1.807) is 0 Å². The first-order valence-electron chi connectivity index (χ1n) is 7.12. The molecule has 0 bridgehead atoms. The van der Waals surface area contributed by atoms with Gasteiger partial charge in [0.1, 0.15) is 5.66 Å². The van der Waals surface area contributed by atoms with Crippen molar-refractivity contribution in [2.24, 2.45) is 0 Å². The topological polar surface area (TPSA) is 32.3 Å². The van der Waals surface area contributed by atoms with Crippen LogP contribution >= 0.6 is 0 Å². The predicted molar refractivity (Wildman–Crippen MR) is 77.4 cm³/mol. The molecule has 1 fully saturated rings. The third-order valence-electron chi connectivity index (χ3n) is 5.14. The molecule has 0 aliphatic carbocycles. The fraction of sp³-hybridized carbons (Fsp3) is 0.562. The zero-order valence-corrected chi connectivity index (χ0v) is 12.2. The molecule has 0 radical (unpaired) electrons. The van der Waals surface area contributed by atoms with Gasteiger partial charge in [-0.25, -0.2) is 0 Å². The lowest BCUT2D eigenvalue weighted by atomic mass is 9.75. The van der Waals surface area contributed by atoms with E-state index < -0.39 is 0 Å². The number of hydrogen-bond acceptors (Lipinski definition) is 2. The minimum Gasteiger partial charge on any atom is -0.347 e. The Labute approximate surface area is 115 Å². The van der Waals surface area contributed by atoms with E-state index in [9.17, 15) is 4.79 Å². The van der Waals surface area contributed by atoms with Gasteiger partial charge in [0.05, 0.1) is 0 Å². The molecule has 1 N–H and O–H groups in total. The minimum atomic E-state index is -0.309. The van der Waals surface area contributed by atoms with Crippen molar-refractivity contribution in [1.82, 2.24) is 5.32 Å². The number of anilines is 1. The SMILES string of the molecule is CCc1ccc2c(c1)C(C)(C)[C@]1(C)NC(=O)CCN21. The van der Waals surface area contributed by atoms with Crippen LogP contribution in [0.4, 0.5) is 5.69 Å². The summed E-state index contributed by atoms with van der Waals surface area (Å²) in [6, 6.07) is 6.74. The van der Waals surface area contributed by atoms with Crippen molar-refractivity contribution in [1.29, 1.82) is 0 Å². The Hall–Kier alpha value is -1.51. The largest absolute Gasteiger partial charge is 0.347 e. The van der Waals surface area contributed by atoms with E-state index >= 15 is 0 Å². The third kappa shape index (κ3) is 1.47. The van der Waals surface area contributed by atoms with Crippen LogP contribution in [0.3, 0.4) is 0 Å². The van der Waals surface area contributed by atoms with Crippen molar-refractivity contribution in [3.05, 3.63) is 29.3 Å². The Bertz CT molecular complexity index is 550. The lowest BCUT2D eigenvalue weighted by Gasteiger charge is -2.48. The maximum Gasteiger partial charge on any atom is 0.223 e. The lowest BCUT2D eigenvalue weighted by molar-refractivity contribution is -0.125. The van der Waals surface area contributed by atoms with E-state index in [2.05, 4.69) is 56.1 Å². The zero-order valence-electron chi connectivity index (χ0n) is 12.2. The second kappa shape index (κ2) is 3.75. The number of aryl methyl sites for hydroxylation is 1. The molecule has 1 saturated heterocycles. The van der Waals surface area contributed by atoms with Gasteiger partial charge in [-0.2, -0.15) is 0 Å². The lowest BCUT2D eigenvalue weighted by Crippen LogP contribution is -2.68.